The minimum atomic E-state index is -4.56. The molecule has 0 bridgehead atoms. The third-order valence-corrected chi connectivity index (χ3v) is 4.56. The van der Waals surface area contributed by atoms with Crippen molar-refractivity contribution in [2.45, 2.75) is 6.18 Å². The Morgan fingerprint density at radius 1 is 0.950 bits per heavy atom. The smallest absolute Gasteiger partial charge is 0.495 e. The summed E-state index contributed by atoms with van der Waals surface area (Å²) in [5, 5.41) is -0.286. The molecule has 1 heterocycles. The van der Waals surface area contributed by atoms with Gasteiger partial charge in [0.1, 0.15) is 10.0 Å². The molecule has 0 aliphatic heterocycles. The van der Waals surface area contributed by atoms with Crippen molar-refractivity contribution < 1.29 is 34.7 Å². The summed E-state index contributed by atoms with van der Waals surface area (Å²) in [5.74, 6) is -0.912. The Morgan fingerprint density at radius 2 is 1.40 bits per heavy atom. The molecule has 20 heavy (non-hydrogen) atoms. The molecule has 0 fully saturated rings. The SMILES string of the molecule is Cn1c(C(F)(F)F)[n+](C)c2c(Cl)c(Cl)c(Cl)c(Cl)c21.[Br-]. The highest BCUT2D eigenvalue weighted by Gasteiger charge is 2.46. The van der Waals surface area contributed by atoms with E-state index in [1.807, 2.05) is 0 Å². The second kappa shape index (κ2) is 5.72. The summed E-state index contributed by atoms with van der Waals surface area (Å²) in [6, 6.07) is 0. The quantitative estimate of drug-likeness (QED) is 0.340. The van der Waals surface area contributed by atoms with Crippen LogP contribution in [0.2, 0.25) is 20.1 Å². The Balaban J connectivity index is 0.00000200. The molecule has 0 saturated carbocycles. The number of aryl methyl sites for hydroxylation is 2. The van der Waals surface area contributed by atoms with E-state index < -0.39 is 12.0 Å². The zero-order valence-corrected chi connectivity index (χ0v) is 14.5. The Bertz CT molecular complexity index is 646. The summed E-state index contributed by atoms with van der Waals surface area (Å²) in [4.78, 5) is 0. The van der Waals surface area contributed by atoms with Crippen molar-refractivity contribution in [1.82, 2.24) is 4.57 Å². The number of aromatic nitrogens is 2. The standard InChI is InChI=1S/C10H6Cl4F3N2.BrH/c1-18-7-5(13)3(11)4(12)6(14)8(7)19(2)9(18)10(15,16)17;/h1-2H3;1H/q+1;/p-1. The van der Waals surface area contributed by atoms with Crippen LogP contribution in [0.3, 0.4) is 0 Å². The van der Waals surface area contributed by atoms with Crippen molar-refractivity contribution in [1.29, 1.82) is 0 Å². The summed E-state index contributed by atoms with van der Waals surface area (Å²) in [6.07, 6.45) is -4.56. The van der Waals surface area contributed by atoms with Gasteiger partial charge in [-0.25, -0.2) is 9.13 Å². The van der Waals surface area contributed by atoms with E-state index in [0.717, 1.165) is 9.13 Å². The summed E-state index contributed by atoms with van der Waals surface area (Å²) < 4.78 is 40.8. The van der Waals surface area contributed by atoms with Gasteiger partial charge in [-0.15, -0.1) is 0 Å². The van der Waals surface area contributed by atoms with E-state index >= 15 is 0 Å². The molecule has 2 nitrogen and oxygen atoms in total. The van der Waals surface area contributed by atoms with Gasteiger partial charge in [0.25, 0.3) is 0 Å². The predicted molar refractivity (Wildman–Crippen MR) is 69.1 cm³/mol. The number of alkyl halides is 3. The van der Waals surface area contributed by atoms with Gasteiger partial charge >= 0.3 is 12.0 Å². The highest BCUT2D eigenvalue weighted by Crippen LogP contribution is 2.43. The maximum absolute atomic E-state index is 13.0. The predicted octanol–water partition coefficient (Wildman–Crippen LogP) is 1.64. The van der Waals surface area contributed by atoms with Gasteiger partial charge in [-0.3, -0.25) is 0 Å². The number of hydrogen-bond acceptors (Lipinski definition) is 0. The van der Waals surface area contributed by atoms with Crippen LogP contribution in [0.4, 0.5) is 13.2 Å². The van der Waals surface area contributed by atoms with Crippen molar-refractivity contribution in [3.05, 3.63) is 25.9 Å². The number of benzene rings is 1. The van der Waals surface area contributed by atoms with Gasteiger partial charge in [0, 0.05) is 0 Å². The zero-order chi connectivity index (χ0) is 14.7. The van der Waals surface area contributed by atoms with Gasteiger partial charge in [0.15, 0.2) is 11.0 Å². The highest BCUT2D eigenvalue weighted by molar-refractivity contribution is 6.54. The van der Waals surface area contributed by atoms with Crippen molar-refractivity contribution >= 4 is 57.4 Å². The molecule has 112 valence electrons. The van der Waals surface area contributed by atoms with Crippen LogP contribution in [0.15, 0.2) is 0 Å². The first-order chi connectivity index (χ1) is 8.59. The molecule has 0 N–H and O–H groups in total. The normalized spacial score (nSPS) is 11.8. The number of rotatable bonds is 0. The molecule has 10 heteroatoms. The maximum Gasteiger partial charge on any atom is 0.495 e. The first-order valence-electron chi connectivity index (χ1n) is 4.86. The van der Waals surface area contributed by atoms with E-state index in [4.69, 9.17) is 46.4 Å². The fraction of sp³-hybridized carbons (Fsp3) is 0.300. The number of hydrogen-bond donors (Lipinski definition) is 0. The highest BCUT2D eigenvalue weighted by atomic mass is 79.9. The lowest BCUT2D eigenvalue weighted by Crippen LogP contribution is -3.00. The van der Waals surface area contributed by atoms with E-state index in [-0.39, 0.29) is 48.1 Å². The van der Waals surface area contributed by atoms with Crippen molar-refractivity contribution in [2.24, 2.45) is 14.1 Å². The molecular weight excluding hydrogens is 427 g/mol. The van der Waals surface area contributed by atoms with Crippen molar-refractivity contribution in [3.63, 3.8) is 0 Å². The molecule has 0 aliphatic carbocycles. The van der Waals surface area contributed by atoms with Crippen LogP contribution in [0, 0.1) is 0 Å². The van der Waals surface area contributed by atoms with E-state index in [1.165, 1.54) is 14.1 Å². The zero-order valence-electron chi connectivity index (χ0n) is 9.92. The summed E-state index contributed by atoms with van der Waals surface area (Å²) >= 11 is 23.6. The van der Waals surface area contributed by atoms with Crippen LogP contribution in [0.5, 0.6) is 0 Å². The van der Waals surface area contributed by atoms with E-state index in [9.17, 15) is 13.2 Å². The fourth-order valence-corrected chi connectivity index (χ4v) is 3.12. The summed E-state index contributed by atoms with van der Waals surface area (Å²) in [6.45, 7) is 0. The number of halogens is 8. The van der Waals surface area contributed by atoms with Gasteiger partial charge < -0.3 is 17.0 Å². The molecule has 1 aromatic heterocycles. The Kier molecular flexibility index (Phi) is 5.20. The number of imidazole rings is 1. The van der Waals surface area contributed by atoms with Gasteiger partial charge in [0.05, 0.1) is 24.1 Å². The van der Waals surface area contributed by atoms with E-state index in [2.05, 4.69) is 0 Å². The molecule has 2 rings (SSSR count). The Hall–Kier alpha value is 0.120. The summed E-state index contributed by atoms with van der Waals surface area (Å²) in [5.41, 5.74) is 0.159. The third-order valence-electron chi connectivity index (χ3n) is 2.78. The average Bonchev–Trinajstić information content (AvgIpc) is 2.55. The lowest BCUT2D eigenvalue weighted by molar-refractivity contribution is -0.667. The molecule has 0 atom stereocenters. The van der Waals surface area contributed by atoms with Crippen LogP contribution >= 0.6 is 46.4 Å². The van der Waals surface area contributed by atoms with Gasteiger partial charge in [-0.2, -0.15) is 13.2 Å². The molecule has 0 saturated heterocycles. The van der Waals surface area contributed by atoms with Crippen molar-refractivity contribution in [2.75, 3.05) is 0 Å². The lowest BCUT2D eigenvalue weighted by Gasteiger charge is -2.02. The van der Waals surface area contributed by atoms with E-state index in [0.29, 0.717) is 0 Å². The van der Waals surface area contributed by atoms with Gasteiger partial charge in [-0.1, -0.05) is 46.4 Å². The molecule has 1 aromatic carbocycles. The summed E-state index contributed by atoms with van der Waals surface area (Å²) in [7, 11) is 2.47. The van der Waals surface area contributed by atoms with Crippen molar-refractivity contribution in [3.8, 4) is 0 Å². The second-order valence-electron chi connectivity index (χ2n) is 3.89. The van der Waals surface area contributed by atoms with Crippen LogP contribution in [-0.2, 0) is 20.3 Å². The molecule has 2 aromatic rings. The largest absolute Gasteiger partial charge is 1.00 e. The van der Waals surface area contributed by atoms with Crippen LogP contribution in [0.25, 0.3) is 11.0 Å². The Labute approximate surface area is 142 Å². The first kappa shape index (κ1) is 18.2. The van der Waals surface area contributed by atoms with Crippen LogP contribution < -0.4 is 21.5 Å². The number of fused-ring (bicyclic) bond motifs is 1. The topological polar surface area (TPSA) is 8.81 Å². The molecule has 0 amide bonds. The fourth-order valence-electron chi connectivity index (χ4n) is 2.04. The average molecular weight is 433 g/mol. The van der Waals surface area contributed by atoms with Gasteiger partial charge in [-0.05, 0) is 0 Å². The monoisotopic (exact) mass is 430 g/mol. The molecule has 0 radical (unpaired) electrons. The third kappa shape index (κ3) is 2.50. The molecule has 0 unspecified atom stereocenters. The second-order valence-corrected chi connectivity index (χ2v) is 5.40. The van der Waals surface area contributed by atoms with Gasteiger partial charge in [0.2, 0.25) is 0 Å². The van der Waals surface area contributed by atoms with Crippen LogP contribution in [0.1, 0.15) is 5.82 Å². The lowest BCUT2D eigenvalue weighted by atomic mass is 10.3. The van der Waals surface area contributed by atoms with Crippen LogP contribution in [-0.4, -0.2) is 4.57 Å². The Morgan fingerprint density at radius 3 is 1.85 bits per heavy atom. The molecule has 0 aliphatic rings. The first-order valence-corrected chi connectivity index (χ1v) is 6.37. The minimum Gasteiger partial charge on any atom is -1.00 e. The number of nitrogens with zero attached hydrogens (tertiary/aromatic N) is 2. The van der Waals surface area contributed by atoms with E-state index in [1.54, 1.807) is 0 Å². The molecular formula is C10H6BrCl4F3N2. The maximum atomic E-state index is 13.0. The molecule has 0 spiro atoms. The minimum absolute atomic E-state index is 0.